The fraction of sp³-hybridized carbons (Fsp3) is 0.379. The van der Waals surface area contributed by atoms with Gasteiger partial charge in [0.15, 0.2) is 11.6 Å². The van der Waals surface area contributed by atoms with E-state index in [4.69, 9.17) is 4.98 Å². The third kappa shape index (κ3) is 4.12. The van der Waals surface area contributed by atoms with Gasteiger partial charge in [-0.25, -0.2) is 9.97 Å². The van der Waals surface area contributed by atoms with Gasteiger partial charge in [0.2, 0.25) is 0 Å². The van der Waals surface area contributed by atoms with Crippen LogP contribution >= 0.6 is 0 Å². The van der Waals surface area contributed by atoms with Crippen LogP contribution in [0.4, 0.5) is 0 Å². The average Bonchev–Trinajstić information content (AvgIpc) is 3.57. The zero-order valence-electron chi connectivity index (χ0n) is 20.7. The molecular weight excluding hydrogens is 450 g/mol. The molecule has 1 amide bonds. The zero-order chi connectivity index (χ0) is 24.8. The number of fused-ring (bicyclic) bond motifs is 2. The summed E-state index contributed by atoms with van der Waals surface area (Å²) in [4.78, 5) is 36.8. The number of allylic oxidation sites excluding steroid dienone is 1. The second kappa shape index (κ2) is 9.04. The van der Waals surface area contributed by atoms with Gasteiger partial charge >= 0.3 is 0 Å². The average molecular weight is 482 g/mol. The molecule has 0 unspecified atom stereocenters. The summed E-state index contributed by atoms with van der Waals surface area (Å²) in [6.07, 6.45) is 8.10. The van der Waals surface area contributed by atoms with Crippen LogP contribution in [0.2, 0.25) is 0 Å². The van der Waals surface area contributed by atoms with E-state index in [0.717, 1.165) is 59.5 Å². The first kappa shape index (κ1) is 22.7. The predicted octanol–water partition coefficient (Wildman–Crippen LogP) is 5.00. The Kier molecular flexibility index (Phi) is 5.70. The highest BCUT2D eigenvalue weighted by molar-refractivity contribution is 5.98. The standard InChI is InChI=1S/C29H31N5O2/c1-3-23(35)14-20-6-5-13-33(17-20)29(36)22-10-11-25-24(15-22)31-28(32(25)2)26-16-21-7-4-12-30-27(21)34(26)18-19-8-9-19/h3-4,7,10-12,15-16,19-20H,1,5-6,8-9,13-14,17-18H2,2H3/t20-/m0/s1. The van der Waals surface area contributed by atoms with E-state index in [-0.39, 0.29) is 17.6 Å². The predicted molar refractivity (Wildman–Crippen MR) is 141 cm³/mol. The van der Waals surface area contributed by atoms with E-state index in [0.29, 0.717) is 24.4 Å². The summed E-state index contributed by atoms with van der Waals surface area (Å²) in [7, 11) is 2.03. The monoisotopic (exact) mass is 481 g/mol. The van der Waals surface area contributed by atoms with Crippen LogP contribution in [-0.2, 0) is 18.4 Å². The molecule has 1 atom stereocenters. The minimum absolute atomic E-state index is 0.00639. The summed E-state index contributed by atoms with van der Waals surface area (Å²) in [5.41, 5.74) is 4.50. The SMILES string of the molecule is C=CC(=O)C[C@@H]1CCCN(C(=O)c2ccc3c(c2)nc(-c2cc4cccnc4n2CC2CC2)n3C)C1. The number of nitrogens with zero attached hydrogens (tertiary/aromatic N) is 5. The number of aryl methyl sites for hydroxylation is 1. The molecule has 1 saturated heterocycles. The lowest BCUT2D eigenvalue weighted by Gasteiger charge is -2.32. The Bertz CT molecular complexity index is 1490. The Morgan fingerprint density at radius 2 is 2.00 bits per heavy atom. The van der Waals surface area contributed by atoms with E-state index in [1.165, 1.54) is 18.9 Å². The molecule has 1 aromatic carbocycles. The largest absolute Gasteiger partial charge is 0.338 e. The van der Waals surface area contributed by atoms with Gasteiger partial charge in [0.1, 0.15) is 5.65 Å². The molecule has 2 aliphatic rings. The van der Waals surface area contributed by atoms with Crippen molar-refractivity contribution in [2.45, 2.75) is 38.6 Å². The van der Waals surface area contributed by atoms with Gasteiger partial charge in [-0.2, -0.15) is 0 Å². The second-order valence-electron chi connectivity index (χ2n) is 10.3. The minimum Gasteiger partial charge on any atom is -0.338 e. The third-order valence-electron chi connectivity index (χ3n) is 7.67. The number of ketones is 1. The highest BCUT2D eigenvalue weighted by Gasteiger charge is 2.27. The number of amides is 1. The molecule has 1 aliphatic carbocycles. The van der Waals surface area contributed by atoms with Gasteiger partial charge in [-0.1, -0.05) is 6.58 Å². The van der Waals surface area contributed by atoms with Crippen molar-refractivity contribution >= 4 is 33.8 Å². The van der Waals surface area contributed by atoms with Crippen molar-refractivity contribution in [2.75, 3.05) is 13.1 Å². The van der Waals surface area contributed by atoms with Gasteiger partial charge in [0.05, 0.1) is 16.7 Å². The Morgan fingerprint density at radius 3 is 2.81 bits per heavy atom. The fourth-order valence-corrected chi connectivity index (χ4v) is 5.54. The van der Waals surface area contributed by atoms with Crippen LogP contribution in [0.5, 0.6) is 0 Å². The lowest BCUT2D eigenvalue weighted by molar-refractivity contribution is -0.115. The summed E-state index contributed by atoms with van der Waals surface area (Å²) in [6.45, 7) is 5.86. The van der Waals surface area contributed by atoms with Crippen LogP contribution in [-0.4, -0.2) is 48.8 Å². The molecule has 0 N–H and O–H groups in total. The molecule has 36 heavy (non-hydrogen) atoms. The van der Waals surface area contributed by atoms with Crippen LogP contribution in [0.3, 0.4) is 0 Å². The molecular formula is C29H31N5O2. The Balaban J connectivity index is 1.32. The number of benzene rings is 1. The van der Waals surface area contributed by atoms with Crippen molar-refractivity contribution in [3.63, 3.8) is 0 Å². The van der Waals surface area contributed by atoms with Crippen LogP contribution in [0.1, 0.15) is 42.5 Å². The second-order valence-corrected chi connectivity index (χ2v) is 10.3. The van der Waals surface area contributed by atoms with E-state index in [9.17, 15) is 9.59 Å². The summed E-state index contributed by atoms with van der Waals surface area (Å²) in [5, 5.41) is 1.12. The fourth-order valence-electron chi connectivity index (χ4n) is 5.54. The quantitative estimate of drug-likeness (QED) is 0.348. The molecule has 2 fully saturated rings. The number of hydrogen-bond donors (Lipinski definition) is 0. The van der Waals surface area contributed by atoms with Crippen molar-refractivity contribution in [1.82, 2.24) is 24.0 Å². The highest BCUT2D eigenvalue weighted by atomic mass is 16.2. The first-order chi connectivity index (χ1) is 17.5. The number of likely N-dealkylation sites (tertiary alicyclic amines) is 1. The van der Waals surface area contributed by atoms with Crippen molar-refractivity contribution in [3.8, 4) is 11.5 Å². The van der Waals surface area contributed by atoms with Gasteiger partial charge < -0.3 is 14.0 Å². The molecule has 4 aromatic rings. The molecule has 0 spiro atoms. The molecule has 6 rings (SSSR count). The molecule has 0 radical (unpaired) electrons. The van der Waals surface area contributed by atoms with Gasteiger partial charge in [0.25, 0.3) is 5.91 Å². The van der Waals surface area contributed by atoms with Gasteiger partial charge in [-0.3, -0.25) is 9.59 Å². The molecule has 184 valence electrons. The maximum atomic E-state index is 13.4. The number of piperidine rings is 1. The summed E-state index contributed by atoms with van der Waals surface area (Å²) in [6, 6.07) is 12.0. The van der Waals surface area contributed by atoms with Crippen molar-refractivity contribution in [3.05, 3.63) is 60.8 Å². The van der Waals surface area contributed by atoms with E-state index in [1.807, 2.05) is 42.4 Å². The van der Waals surface area contributed by atoms with E-state index in [2.05, 4.69) is 32.8 Å². The Hall–Kier alpha value is -3.74. The maximum Gasteiger partial charge on any atom is 0.253 e. The molecule has 4 heterocycles. The number of carbonyl (C=O) groups excluding carboxylic acids is 2. The first-order valence-electron chi connectivity index (χ1n) is 12.9. The number of aromatic nitrogens is 4. The highest BCUT2D eigenvalue weighted by Crippen LogP contribution is 2.36. The van der Waals surface area contributed by atoms with Crippen molar-refractivity contribution in [2.24, 2.45) is 18.9 Å². The summed E-state index contributed by atoms with van der Waals surface area (Å²) >= 11 is 0. The molecule has 1 saturated carbocycles. The smallest absolute Gasteiger partial charge is 0.253 e. The molecule has 7 heteroatoms. The minimum atomic E-state index is 0.00639. The molecule has 3 aromatic heterocycles. The van der Waals surface area contributed by atoms with Crippen LogP contribution in [0.15, 0.2) is 55.3 Å². The zero-order valence-corrected chi connectivity index (χ0v) is 20.7. The first-order valence-corrected chi connectivity index (χ1v) is 12.9. The van der Waals surface area contributed by atoms with E-state index < -0.39 is 0 Å². The topological polar surface area (TPSA) is 73.0 Å². The molecule has 7 nitrogen and oxygen atoms in total. The van der Waals surface area contributed by atoms with Crippen LogP contribution in [0, 0.1) is 11.8 Å². The lowest BCUT2D eigenvalue weighted by atomic mass is 9.92. The van der Waals surface area contributed by atoms with Crippen molar-refractivity contribution < 1.29 is 9.59 Å². The third-order valence-corrected chi connectivity index (χ3v) is 7.67. The molecule has 1 aliphatic heterocycles. The number of rotatable bonds is 7. The van der Waals surface area contributed by atoms with Crippen LogP contribution < -0.4 is 0 Å². The van der Waals surface area contributed by atoms with Gasteiger partial charge in [0, 0.05) is 50.2 Å². The van der Waals surface area contributed by atoms with Crippen LogP contribution in [0.25, 0.3) is 33.6 Å². The summed E-state index contributed by atoms with van der Waals surface area (Å²) in [5.74, 6) is 1.84. The van der Waals surface area contributed by atoms with E-state index in [1.54, 1.807) is 0 Å². The molecule has 0 bridgehead atoms. The number of imidazole rings is 1. The maximum absolute atomic E-state index is 13.4. The Labute approximate surface area is 210 Å². The number of carbonyl (C=O) groups is 2. The van der Waals surface area contributed by atoms with Gasteiger partial charge in [-0.05, 0) is 80.0 Å². The summed E-state index contributed by atoms with van der Waals surface area (Å²) < 4.78 is 4.41. The lowest BCUT2D eigenvalue weighted by Crippen LogP contribution is -2.40. The Morgan fingerprint density at radius 1 is 1.14 bits per heavy atom. The number of hydrogen-bond acceptors (Lipinski definition) is 4. The number of pyridine rings is 1. The normalized spacial score (nSPS) is 18.1. The van der Waals surface area contributed by atoms with E-state index >= 15 is 0 Å². The van der Waals surface area contributed by atoms with Crippen molar-refractivity contribution in [1.29, 1.82) is 0 Å². The van der Waals surface area contributed by atoms with Gasteiger partial charge in [-0.15, -0.1) is 0 Å².